The Morgan fingerprint density at radius 2 is 1.82 bits per heavy atom. The summed E-state index contributed by atoms with van der Waals surface area (Å²) >= 11 is 11.9. The van der Waals surface area contributed by atoms with Crippen LogP contribution in [0.15, 0.2) is 59.0 Å². The number of furan rings is 1. The molecule has 6 nitrogen and oxygen atoms in total. The molecule has 0 fully saturated rings. The lowest BCUT2D eigenvalue weighted by Gasteiger charge is -2.02. The number of hydrogen-bond donors (Lipinski definition) is 1. The maximum absolute atomic E-state index is 13.3. The Morgan fingerprint density at radius 1 is 1.11 bits per heavy atom. The molecule has 0 unspecified atom stereocenters. The van der Waals surface area contributed by atoms with Gasteiger partial charge in [0.25, 0.3) is 0 Å². The number of rotatable bonds is 5. The van der Waals surface area contributed by atoms with Gasteiger partial charge in [-0.15, -0.1) is 0 Å². The third kappa shape index (κ3) is 4.76. The fraction of sp³-hybridized carbons (Fsp3) is 0. The van der Waals surface area contributed by atoms with Crippen LogP contribution in [0.1, 0.15) is 5.76 Å². The summed E-state index contributed by atoms with van der Waals surface area (Å²) in [6.45, 7) is 0. The lowest BCUT2D eigenvalue weighted by molar-refractivity contribution is -0.387. The fourth-order valence-corrected chi connectivity index (χ4v) is 2.89. The lowest BCUT2D eigenvalue weighted by Crippen LogP contribution is -2.08. The van der Waals surface area contributed by atoms with Crippen molar-refractivity contribution in [3.8, 4) is 11.3 Å². The quantitative estimate of drug-likeness (QED) is 0.313. The molecule has 1 aromatic heterocycles. The molecule has 1 amide bonds. The van der Waals surface area contributed by atoms with Crippen LogP contribution in [-0.2, 0) is 4.79 Å². The van der Waals surface area contributed by atoms with Crippen molar-refractivity contribution in [3.63, 3.8) is 0 Å². The Morgan fingerprint density at radius 3 is 2.50 bits per heavy atom. The summed E-state index contributed by atoms with van der Waals surface area (Å²) in [5, 5.41) is 14.1. The molecule has 0 spiro atoms. The van der Waals surface area contributed by atoms with Gasteiger partial charge in [0.1, 0.15) is 11.5 Å². The van der Waals surface area contributed by atoms with Gasteiger partial charge in [0.15, 0.2) is 0 Å². The van der Waals surface area contributed by atoms with Crippen molar-refractivity contribution >= 4 is 46.6 Å². The molecule has 0 aliphatic heterocycles. The van der Waals surface area contributed by atoms with Crippen LogP contribution in [0.25, 0.3) is 17.4 Å². The number of halogens is 3. The van der Waals surface area contributed by atoms with E-state index in [0.717, 1.165) is 12.1 Å². The number of anilines is 1. The molecule has 2 aromatic carbocycles. The smallest absolute Gasteiger partial charge is 0.306 e. The SMILES string of the molecule is O=C(/C=C/c1ccc(-c2cc(Cl)cc(Cl)c2)o1)Nc1ccc(F)c([N+](=O)[O-])c1. The Hall–Kier alpha value is -3.16. The second-order valence-electron chi connectivity index (χ2n) is 5.61. The topological polar surface area (TPSA) is 85.4 Å². The highest BCUT2D eigenvalue weighted by Crippen LogP contribution is 2.29. The first-order chi connectivity index (χ1) is 13.3. The Labute approximate surface area is 168 Å². The van der Waals surface area contributed by atoms with Crippen molar-refractivity contribution in [3.05, 3.63) is 86.3 Å². The van der Waals surface area contributed by atoms with Crippen LogP contribution in [0, 0.1) is 15.9 Å². The zero-order valence-corrected chi connectivity index (χ0v) is 15.5. The van der Waals surface area contributed by atoms with Crippen molar-refractivity contribution in [1.82, 2.24) is 0 Å². The van der Waals surface area contributed by atoms with Crippen LogP contribution in [0.5, 0.6) is 0 Å². The predicted octanol–water partition coefficient (Wildman–Crippen LogP) is 5.95. The van der Waals surface area contributed by atoms with Gasteiger partial charge in [-0.2, -0.15) is 4.39 Å². The molecule has 0 radical (unpaired) electrons. The molecule has 0 saturated heterocycles. The molecule has 0 bridgehead atoms. The Kier molecular flexibility index (Phi) is 5.77. The van der Waals surface area contributed by atoms with E-state index in [-0.39, 0.29) is 5.69 Å². The lowest BCUT2D eigenvalue weighted by atomic mass is 10.2. The number of nitrogens with zero attached hydrogens (tertiary/aromatic N) is 1. The summed E-state index contributed by atoms with van der Waals surface area (Å²) in [6.07, 6.45) is 2.60. The van der Waals surface area contributed by atoms with Gasteiger partial charge in [0.2, 0.25) is 11.7 Å². The first-order valence-corrected chi connectivity index (χ1v) is 8.57. The van der Waals surface area contributed by atoms with E-state index in [9.17, 15) is 19.3 Å². The summed E-state index contributed by atoms with van der Waals surface area (Å²) < 4.78 is 18.9. The molecule has 3 rings (SSSR count). The summed E-state index contributed by atoms with van der Waals surface area (Å²) in [7, 11) is 0. The van der Waals surface area contributed by atoms with Gasteiger partial charge in [0, 0.05) is 33.4 Å². The molecule has 142 valence electrons. The first-order valence-electron chi connectivity index (χ1n) is 7.81. The van der Waals surface area contributed by atoms with Gasteiger partial charge in [-0.3, -0.25) is 14.9 Å². The molecule has 1 heterocycles. The normalized spacial score (nSPS) is 11.0. The van der Waals surface area contributed by atoms with E-state index >= 15 is 0 Å². The maximum atomic E-state index is 13.3. The zero-order chi connectivity index (χ0) is 20.3. The highest BCUT2D eigenvalue weighted by molar-refractivity contribution is 6.35. The second-order valence-corrected chi connectivity index (χ2v) is 6.48. The summed E-state index contributed by atoms with van der Waals surface area (Å²) in [4.78, 5) is 21.9. The number of carbonyl (C=O) groups is 1. The third-order valence-electron chi connectivity index (χ3n) is 3.58. The highest BCUT2D eigenvalue weighted by Gasteiger charge is 2.15. The molecule has 1 N–H and O–H groups in total. The minimum Gasteiger partial charge on any atom is -0.457 e. The minimum atomic E-state index is -0.984. The molecule has 0 aliphatic rings. The van der Waals surface area contributed by atoms with Crippen molar-refractivity contribution in [2.45, 2.75) is 0 Å². The van der Waals surface area contributed by atoms with Crippen LogP contribution in [-0.4, -0.2) is 10.8 Å². The fourth-order valence-electron chi connectivity index (χ4n) is 2.37. The van der Waals surface area contributed by atoms with E-state index in [0.29, 0.717) is 27.1 Å². The van der Waals surface area contributed by atoms with Crippen molar-refractivity contribution in [2.24, 2.45) is 0 Å². The molecule has 0 saturated carbocycles. The largest absolute Gasteiger partial charge is 0.457 e. The van der Waals surface area contributed by atoms with E-state index in [4.69, 9.17) is 27.6 Å². The van der Waals surface area contributed by atoms with Gasteiger partial charge >= 0.3 is 5.69 Å². The number of nitrogens with one attached hydrogen (secondary N) is 1. The molecular weight excluding hydrogens is 410 g/mol. The average molecular weight is 421 g/mol. The van der Waals surface area contributed by atoms with E-state index in [2.05, 4.69) is 5.32 Å². The molecule has 0 atom stereocenters. The molecule has 28 heavy (non-hydrogen) atoms. The van der Waals surface area contributed by atoms with Crippen LogP contribution in [0.3, 0.4) is 0 Å². The Balaban J connectivity index is 1.71. The van der Waals surface area contributed by atoms with Gasteiger partial charge in [-0.1, -0.05) is 23.2 Å². The summed E-state index contributed by atoms with van der Waals surface area (Å²) in [5.41, 5.74) is 0.0503. The van der Waals surface area contributed by atoms with Gasteiger partial charge in [0.05, 0.1) is 4.92 Å². The second kappa shape index (κ2) is 8.24. The van der Waals surface area contributed by atoms with E-state index in [1.807, 2.05) is 0 Å². The first kappa shape index (κ1) is 19.6. The number of nitro groups is 1. The zero-order valence-electron chi connectivity index (χ0n) is 14.0. The van der Waals surface area contributed by atoms with Gasteiger partial charge in [-0.05, 0) is 48.5 Å². The van der Waals surface area contributed by atoms with Crippen LogP contribution < -0.4 is 5.32 Å². The van der Waals surface area contributed by atoms with Gasteiger partial charge < -0.3 is 9.73 Å². The number of hydrogen-bond acceptors (Lipinski definition) is 4. The number of amides is 1. The van der Waals surface area contributed by atoms with E-state index in [1.165, 1.54) is 18.2 Å². The number of carbonyl (C=O) groups excluding carboxylic acids is 1. The summed E-state index contributed by atoms with van der Waals surface area (Å²) in [5.74, 6) is -0.641. The molecule has 3 aromatic rings. The van der Waals surface area contributed by atoms with Crippen LogP contribution >= 0.6 is 23.2 Å². The minimum absolute atomic E-state index is 0.0939. The highest BCUT2D eigenvalue weighted by atomic mass is 35.5. The van der Waals surface area contributed by atoms with E-state index < -0.39 is 22.3 Å². The molecule has 0 aliphatic carbocycles. The van der Waals surface area contributed by atoms with Crippen LogP contribution in [0.4, 0.5) is 15.8 Å². The Bertz CT molecular complexity index is 1080. The van der Waals surface area contributed by atoms with Crippen molar-refractivity contribution < 1.29 is 18.5 Å². The standard InChI is InChI=1S/C19H11Cl2FN2O4/c20-12-7-11(8-13(21)9-12)18-5-2-15(28-18)3-6-19(25)23-14-1-4-16(22)17(10-14)24(26)27/h1-10H,(H,23,25)/b6-3+. The number of nitro benzene ring substituents is 1. The van der Waals surface area contributed by atoms with Crippen molar-refractivity contribution in [1.29, 1.82) is 0 Å². The number of benzene rings is 2. The average Bonchev–Trinajstić information content (AvgIpc) is 3.10. The monoisotopic (exact) mass is 420 g/mol. The summed E-state index contributed by atoms with van der Waals surface area (Å²) in [6, 6.07) is 11.4. The third-order valence-corrected chi connectivity index (χ3v) is 4.02. The maximum Gasteiger partial charge on any atom is 0.306 e. The van der Waals surface area contributed by atoms with Gasteiger partial charge in [-0.25, -0.2) is 0 Å². The van der Waals surface area contributed by atoms with Crippen molar-refractivity contribution in [2.75, 3.05) is 5.32 Å². The van der Waals surface area contributed by atoms with E-state index in [1.54, 1.807) is 30.3 Å². The van der Waals surface area contributed by atoms with Crippen LogP contribution in [0.2, 0.25) is 10.0 Å². The molecule has 9 heteroatoms. The molecular formula is C19H11Cl2FN2O4. The predicted molar refractivity (Wildman–Crippen MR) is 105 cm³/mol.